The molecule has 2 aromatic carbocycles. The molecule has 7 nitrogen and oxygen atoms in total. The molecule has 0 saturated carbocycles. The number of amides is 1. The number of benzene rings is 2. The largest absolute Gasteiger partial charge is 0.296 e. The lowest BCUT2D eigenvalue weighted by atomic mass is 10.2. The van der Waals surface area contributed by atoms with Crippen molar-refractivity contribution in [1.29, 1.82) is 0 Å². The van der Waals surface area contributed by atoms with Gasteiger partial charge in [-0.3, -0.25) is 14.8 Å². The third-order valence-corrected chi connectivity index (χ3v) is 6.75. The molecule has 1 aromatic heterocycles. The van der Waals surface area contributed by atoms with Crippen LogP contribution < -0.4 is 10.0 Å². The number of carbonyl (C=O) groups excluding carboxylic acids is 1. The van der Waals surface area contributed by atoms with Gasteiger partial charge in [-0.25, -0.2) is 8.42 Å². The second kappa shape index (κ2) is 9.00. The first kappa shape index (κ1) is 20.1. The fraction of sp³-hybridized carbons (Fsp3) is 0.0556. The fourth-order valence-corrected chi connectivity index (χ4v) is 4.73. The first-order chi connectivity index (χ1) is 13.5. The van der Waals surface area contributed by atoms with Crippen LogP contribution in [0.3, 0.4) is 0 Å². The van der Waals surface area contributed by atoms with Gasteiger partial charge in [-0.1, -0.05) is 53.4 Å². The Morgan fingerprint density at radius 2 is 1.93 bits per heavy atom. The van der Waals surface area contributed by atoms with E-state index < -0.39 is 15.9 Å². The maximum absolute atomic E-state index is 12.5. The van der Waals surface area contributed by atoms with Gasteiger partial charge in [0.15, 0.2) is 4.34 Å². The maximum Gasteiger partial charge on any atom is 0.261 e. The number of anilines is 2. The molecule has 0 radical (unpaired) electrons. The van der Waals surface area contributed by atoms with Gasteiger partial charge in [0.05, 0.1) is 4.90 Å². The van der Waals surface area contributed by atoms with Crippen molar-refractivity contribution < 1.29 is 13.2 Å². The van der Waals surface area contributed by atoms with Gasteiger partial charge in [-0.05, 0) is 30.3 Å². The first-order valence-electron chi connectivity index (χ1n) is 8.04. The zero-order valence-corrected chi connectivity index (χ0v) is 17.0. The number of nitrogens with zero attached hydrogens (tertiary/aromatic N) is 2. The second-order valence-electron chi connectivity index (χ2n) is 5.43. The highest BCUT2D eigenvalue weighted by atomic mass is 32.2. The van der Waals surface area contributed by atoms with Crippen molar-refractivity contribution >= 4 is 49.8 Å². The van der Waals surface area contributed by atoms with Crippen molar-refractivity contribution in [2.75, 3.05) is 15.8 Å². The third kappa shape index (κ3) is 5.18. The van der Waals surface area contributed by atoms with Crippen molar-refractivity contribution in [3.8, 4) is 0 Å². The zero-order chi connectivity index (χ0) is 20.0. The van der Waals surface area contributed by atoms with Crippen LogP contribution in [0.2, 0.25) is 0 Å². The Bertz CT molecular complexity index is 1080. The highest BCUT2D eigenvalue weighted by Gasteiger charge is 2.15. The van der Waals surface area contributed by atoms with E-state index in [0.717, 1.165) is 4.34 Å². The predicted molar refractivity (Wildman–Crippen MR) is 112 cm³/mol. The maximum atomic E-state index is 12.5. The molecule has 28 heavy (non-hydrogen) atoms. The molecule has 0 atom stereocenters. The number of thioether (sulfide) groups is 1. The smallest absolute Gasteiger partial charge is 0.261 e. The van der Waals surface area contributed by atoms with Crippen LogP contribution in [-0.4, -0.2) is 30.3 Å². The van der Waals surface area contributed by atoms with E-state index in [1.807, 2.05) is 0 Å². The Hall–Kier alpha value is -2.69. The van der Waals surface area contributed by atoms with Gasteiger partial charge in [-0.15, -0.1) is 16.8 Å². The molecule has 1 amide bonds. The normalized spacial score (nSPS) is 11.0. The molecule has 0 aliphatic heterocycles. The minimum Gasteiger partial charge on any atom is -0.296 e. The number of nitrogens with one attached hydrogen (secondary N) is 2. The molecule has 1 heterocycles. The topological polar surface area (TPSA) is 101 Å². The average molecular weight is 433 g/mol. The summed E-state index contributed by atoms with van der Waals surface area (Å²) in [4.78, 5) is 12.6. The number of hydrogen-bond acceptors (Lipinski definition) is 7. The number of rotatable bonds is 8. The summed E-state index contributed by atoms with van der Waals surface area (Å²) in [7, 11) is -3.73. The number of aromatic nitrogens is 2. The van der Waals surface area contributed by atoms with E-state index >= 15 is 0 Å². The van der Waals surface area contributed by atoms with E-state index in [1.165, 1.54) is 41.3 Å². The van der Waals surface area contributed by atoms with E-state index in [9.17, 15) is 13.2 Å². The third-order valence-electron chi connectivity index (χ3n) is 3.38. The van der Waals surface area contributed by atoms with Crippen molar-refractivity contribution in [2.45, 2.75) is 9.24 Å². The summed E-state index contributed by atoms with van der Waals surface area (Å²) in [5, 5.41) is 10.9. The summed E-state index contributed by atoms with van der Waals surface area (Å²) in [6.07, 6.45) is 1.76. The molecule has 0 spiro atoms. The minimum atomic E-state index is -3.73. The summed E-state index contributed by atoms with van der Waals surface area (Å²) in [5.74, 6) is 0.295. The predicted octanol–water partition coefficient (Wildman–Crippen LogP) is 3.87. The zero-order valence-electron chi connectivity index (χ0n) is 14.5. The summed E-state index contributed by atoms with van der Waals surface area (Å²) in [5.41, 5.74) is 0.583. The summed E-state index contributed by atoms with van der Waals surface area (Å²) in [6, 6.07) is 14.2. The molecule has 0 aliphatic carbocycles. The van der Waals surface area contributed by atoms with Crippen LogP contribution in [0.25, 0.3) is 0 Å². The van der Waals surface area contributed by atoms with E-state index in [1.54, 1.807) is 42.5 Å². The molecular weight excluding hydrogens is 416 g/mol. The average Bonchev–Trinajstić information content (AvgIpc) is 3.14. The molecule has 10 heteroatoms. The van der Waals surface area contributed by atoms with Crippen molar-refractivity contribution in [3.63, 3.8) is 0 Å². The van der Waals surface area contributed by atoms with Gasteiger partial charge in [0.25, 0.3) is 15.9 Å². The first-order valence-corrected chi connectivity index (χ1v) is 11.3. The summed E-state index contributed by atoms with van der Waals surface area (Å²) in [6.45, 7) is 3.64. The lowest BCUT2D eigenvalue weighted by molar-refractivity contribution is 0.102. The lowest BCUT2D eigenvalue weighted by Gasteiger charge is -2.09. The Morgan fingerprint density at radius 1 is 1.14 bits per heavy atom. The van der Waals surface area contributed by atoms with Crippen molar-refractivity contribution in [3.05, 3.63) is 72.8 Å². The van der Waals surface area contributed by atoms with Gasteiger partial charge in [0.2, 0.25) is 5.13 Å². The molecular formula is C18H16N4O3S3. The molecule has 0 aliphatic rings. The van der Waals surface area contributed by atoms with Gasteiger partial charge < -0.3 is 0 Å². The van der Waals surface area contributed by atoms with Crippen LogP contribution in [0.1, 0.15) is 10.4 Å². The molecule has 0 bridgehead atoms. The van der Waals surface area contributed by atoms with Gasteiger partial charge >= 0.3 is 0 Å². The van der Waals surface area contributed by atoms with Crippen LogP contribution in [0.15, 0.2) is 76.5 Å². The quantitative estimate of drug-likeness (QED) is 0.318. The molecule has 0 fully saturated rings. The Labute approximate surface area is 171 Å². The highest BCUT2D eigenvalue weighted by molar-refractivity contribution is 8.01. The number of hydrogen-bond donors (Lipinski definition) is 2. The van der Waals surface area contributed by atoms with Gasteiger partial charge in [0.1, 0.15) is 0 Å². The summed E-state index contributed by atoms with van der Waals surface area (Å²) >= 11 is 2.73. The number of sulfonamides is 1. The minimum absolute atomic E-state index is 0.142. The second-order valence-corrected chi connectivity index (χ2v) is 9.35. The molecule has 144 valence electrons. The van der Waals surface area contributed by atoms with E-state index in [4.69, 9.17) is 0 Å². The Kier molecular flexibility index (Phi) is 6.45. The van der Waals surface area contributed by atoms with Gasteiger partial charge in [-0.2, -0.15) is 0 Å². The summed E-state index contributed by atoms with van der Waals surface area (Å²) < 4.78 is 28.0. The standard InChI is InChI=1S/C18H16N4O3S3/c1-2-11-26-18-21-20-17(27-18)19-16(23)13-7-6-8-14(12-13)22-28(24,25)15-9-4-3-5-10-15/h2-10,12,22H,1,11H2,(H,19,20,23). The van der Waals surface area contributed by atoms with Crippen LogP contribution >= 0.6 is 23.1 Å². The Morgan fingerprint density at radius 3 is 2.68 bits per heavy atom. The Balaban J connectivity index is 1.71. The lowest BCUT2D eigenvalue weighted by Crippen LogP contribution is -2.15. The van der Waals surface area contributed by atoms with E-state index in [0.29, 0.717) is 16.4 Å². The van der Waals surface area contributed by atoms with Crippen LogP contribution in [0.4, 0.5) is 10.8 Å². The van der Waals surface area contributed by atoms with E-state index in [-0.39, 0.29) is 10.6 Å². The van der Waals surface area contributed by atoms with Crippen molar-refractivity contribution in [1.82, 2.24) is 10.2 Å². The highest BCUT2D eigenvalue weighted by Crippen LogP contribution is 2.26. The number of carbonyl (C=O) groups is 1. The van der Waals surface area contributed by atoms with Crippen LogP contribution in [-0.2, 0) is 10.0 Å². The molecule has 0 saturated heterocycles. The van der Waals surface area contributed by atoms with E-state index in [2.05, 4.69) is 26.8 Å². The van der Waals surface area contributed by atoms with Crippen LogP contribution in [0, 0.1) is 0 Å². The SMILES string of the molecule is C=CCSc1nnc(NC(=O)c2cccc(NS(=O)(=O)c3ccccc3)c2)s1. The molecule has 3 rings (SSSR count). The fourth-order valence-electron chi connectivity index (χ4n) is 2.16. The monoisotopic (exact) mass is 432 g/mol. The van der Waals surface area contributed by atoms with Crippen molar-refractivity contribution in [2.24, 2.45) is 0 Å². The van der Waals surface area contributed by atoms with Crippen LogP contribution in [0.5, 0.6) is 0 Å². The molecule has 0 unspecified atom stereocenters. The van der Waals surface area contributed by atoms with Gasteiger partial charge in [0, 0.05) is 17.0 Å². The molecule has 2 N–H and O–H groups in total. The molecule has 3 aromatic rings.